The third kappa shape index (κ3) is 5.99. The molecule has 0 atom stereocenters. The number of rotatable bonds is 6. The molecule has 0 amide bonds. The van der Waals surface area contributed by atoms with Crippen molar-refractivity contribution in [3.63, 3.8) is 0 Å². The van der Waals surface area contributed by atoms with E-state index >= 15 is 0 Å². The topological polar surface area (TPSA) is 24.1 Å². The minimum absolute atomic E-state index is 0.534. The Morgan fingerprint density at radius 2 is 1.64 bits per heavy atom. The van der Waals surface area contributed by atoms with Gasteiger partial charge >= 0.3 is 0 Å². The Labute approximate surface area is 160 Å². The van der Waals surface area contributed by atoms with Crippen molar-refractivity contribution in [2.45, 2.75) is 85.6 Å². The molecule has 0 unspecified atom stereocenters. The van der Waals surface area contributed by atoms with Crippen molar-refractivity contribution in [2.24, 2.45) is 11.8 Å². The van der Waals surface area contributed by atoms with E-state index in [0.29, 0.717) is 12.0 Å². The maximum Gasteiger partial charge on any atom is 0.171 e. The van der Waals surface area contributed by atoms with E-state index in [-0.39, 0.29) is 0 Å². The van der Waals surface area contributed by atoms with Crippen molar-refractivity contribution < 1.29 is 0 Å². The molecule has 2 N–H and O–H groups in total. The highest BCUT2D eigenvalue weighted by Crippen LogP contribution is 2.27. The molecule has 25 heavy (non-hydrogen) atoms. The van der Waals surface area contributed by atoms with Crippen LogP contribution in [-0.2, 0) is 19.3 Å². The van der Waals surface area contributed by atoms with Gasteiger partial charge in [0.1, 0.15) is 0 Å². The molecular formula is C22H36N2S. The van der Waals surface area contributed by atoms with E-state index in [9.17, 15) is 0 Å². The predicted molar refractivity (Wildman–Crippen MR) is 115 cm³/mol. The van der Waals surface area contributed by atoms with Crippen LogP contribution in [0.25, 0.3) is 0 Å². The first-order valence-corrected chi connectivity index (χ1v) is 10.6. The van der Waals surface area contributed by atoms with Gasteiger partial charge in [-0.25, -0.2) is 0 Å². The van der Waals surface area contributed by atoms with Gasteiger partial charge in [-0.15, -0.1) is 0 Å². The Morgan fingerprint density at radius 1 is 1.08 bits per heavy atom. The van der Waals surface area contributed by atoms with Crippen LogP contribution in [0.4, 0.5) is 5.69 Å². The van der Waals surface area contributed by atoms with Gasteiger partial charge in [-0.3, -0.25) is 0 Å². The van der Waals surface area contributed by atoms with Crippen molar-refractivity contribution in [3.8, 4) is 0 Å². The molecule has 0 aromatic heterocycles. The van der Waals surface area contributed by atoms with Crippen LogP contribution in [0.1, 0.15) is 77.0 Å². The molecule has 0 bridgehead atoms. The number of hydrogen-bond acceptors (Lipinski definition) is 1. The zero-order valence-corrected chi connectivity index (χ0v) is 17.6. The fourth-order valence-corrected chi connectivity index (χ4v) is 4.16. The third-order valence-corrected chi connectivity index (χ3v) is 5.58. The number of hydrogen-bond donors (Lipinski definition) is 2. The summed E-state index contributed by atoms with van der Waals surface area (Å²) in [6, 6.07) is 5.27. The van der Waals surface area contributed by atoms with E-state index in [4.69, 9.17) is 12.2 Å². The Morgan fingerprint density at radius 3 is 2.12 bits per heavy atom. The molecule has 1 saturated carbocycles. The Hall–Kier alpha value is -1.09. The second-order valence-corrected chi connectivity index (χ2v) is 8.56. The second-order valence-electron chi connectivity index (χ2n) is 8.15. The highest BCUT2D eigenvalue weighted by atomic mass is 32.1. The molecule has 140 valence electrons. The molecule has 0 saturated heterocycles. The lowest BCUT2D eigenvalue weighted by Gasteiger charge is -2.28. The molecule has 1 aromatic carbocycles. The number of aryl methyl sites for hydroxylation is 2. The lowest BCUT2D eigenvalue weighted by atomic mass is 9.87. The second kappa shape index (κ2) is 9.56. The Balaban J connectivity index is 2.10. The molecule has 2 rings (SSSR count). The summed E-state index contributed by atoms with van der Waals surface area (Å²) in [5, 5.41) is 7.89. The molecule has 0 spiro atoms. The van der Waals surface area contributed by atoms with Crippen molar-refractivity contribution in [1.82, 2.24) is 5.32 Å². The van der Waals surface area contributed by atoms with Gasteiger partial charge in [0.2, 0.25) is 0 Å². The zero-order valence-electron chi connectivity index (χ0n) is 16.7. The van der Waals surface area contributed by atoms with Gasteiger partial charge in [0.05, 0.1) is 0 Å². The Kier molecular flexibility index (Phi) is 7.74. The third-order valence-electron chi connectivity index (χ3n) is 5.36. The van der Waals surface area contributed by atoms with Crippen molar-refractivity contribution >= 4 is 23.0 Å². The molecular weight excluding hydrogens is 324 g/mol. The smallest absolute Gasteiger partial charge is 0.171 e. The average Bonchev–Trinajstić information content (AvgIpc) is 2.57. The van der Waals surface area contributed by atoms with Crippen LogP contribution in [0, 0.1) is 11.8 Å². The summed E-state index contributed by atoms with van der Waals surface area (Å²) in [5.74, 6) is 1.55. The fraction of sp³-hybridized carbons (Fsp3) is 0.682. The minimum Gasteiger partial charge on any atom is -0.360 e. The molecule has 0 heterocycles. The maximum atomic E-state index is 5.64. The summed E-state index contributed by atoms with van der Waals surface area (Å²) in [6.07, 6.45) is 8.29. The van der Waals surface area contributed by atoms with Crippen LogP contribution in [0.5, 0.6) is 0 Å². The number of benzene rings is 1. The SMILES string of the molecule is CCc1cc(CC(C)C)cc(CC)c1NC(=S)NC1CCC(C)CC1. The average molecular weight is 361 g/mol. The Bertz CT molecular complexity index is 546. The van der Waals surface area contributed by atoms with Crippen LogP contribution >= 0.6 is 12.2 Å². The molecule has 1 fully saturated rings. The summed E-state index contributed by atoms with van der Waals surface area (Å²) in [4.78, 5) is 0. The van der Waals surface area contributed by atoms with E-state index in [2.05, 4.69) is 57.4 Å². The van der Waals surface area contributed by atoms with Gasteiger partial charge in [0.15, 0.2) is 5.11 Å². The summed E-state index contributed by atoms with van der Waals surface area (Å²) in [6.45, 7) is 11.4. The van der Waals surface area contributed by atoms with Gasteiger partial charge in [-0.1, -0.05) is 46.8 Å². The molecule has 2 nitrogen and oxygen atoms in total. The van der Waals surface area contributed by atoms with Gasteiger partial charge in [0, 0.05) is 11.7 Å². The van der Waals surface area contributed by atoms with E-state index < -0.39 is 0 Å². The van der Waals surface area contributed by atoms with E-state index in [1.54, 1.807) is 0 Å². The van der Waals surface area contributed by atoms with E-state index in [1.807, 2.05) is 0 Å². The molecule has 1 aliphatic carbocycles. The molecule has 0 radical (unpaired) electrons. The monoisotopic (exact) mass is 360 g/mol. The lowest BCUT2D eigenvalue weighted by molar-refractivity contribution is 0.332. The van der Waals surface area contributed by atoms with E-state index in [0.717, 1.165) is 30.3 Å². The predicted octanol–water partition coefficient (Wildman–Crippen LogP) is 5.88. The standard InChI is InChI=1S/C22H36N2S/c1-6-18-13-17(12-15(3)4)14-19(7-2)21(18)24-22(25)23-20-10-8-16(5)9-11-20/h13-16,20H,6-12H2,1-5H3,(H2,23,24,25). The summed E-state index contributed by atoms with van der Waals surface area (Å²) >= 11 is 5.64. The normalized spacial score (nSPS) is 20.6. The summed E-state index contributed by atoms with van der Waals surface area (Å²) < 4.78 is 0. The summed E-state index contributed by atoms with van der Waals surface area (Å²) in [7, 11) is 0. The molecule has 1 aromatic rings. The zero-order chi connectivity index (χ0) is 18.4. The van der Waals surface area contributed by atoms with Crippen molar-refractivity contribution in [2.75, 3.05) is 5.32 Å². The number of nitrogens with one attached hydrogen (secondary N) is 2. The van der Waals surface area contributed by atoms with Gasteiger partial charge in [0.25, 0.3) is 0 Å². The highest BCUT2D eigenvalue weighted by molar-refractivity contribution is 7.80. The van der Waals surface area contributed by atoms with Crippen LogP contribution in [-0.4, -0.2) is 11.2 Å². The van der Waals surface area contributed by atoms with Crippen molar-refractivity contribution in [1.29, 1.82) is 0 Å². The lowest BCUT2D eigenvalue weighted by Crippen LogP contribution is -2.40. The van der Waals surface area contributed by atoms with Crippen LogP contribution in [0.2, 0.25) is 0 Å². The van der Waals surface area contributed by atoms with Crippen LogP contribution < -0.4 is 10.6 Å². The fourth-order valence-electron chi connectivity index (χ4n) is 3.89. The van der Waals surface area contributed by atoms with Gasteiger partial charge in [-0.05, 0) is 85.7 Å². The number of anilines is 1. The minimum atomic E-state index is 0.534. The van der Waals surface area contributed by atoms with Gasteiger partial charge in [-0.2, -0.15) is 0 Å². The first kappa shape index (κ1) is 20.2. The van der Waals surface area contributed by atoms with Crippen LogP contribution in [0.3, 0.4) is 0 Å². The first-order chi connectivity index (χ1) is 11.9. The van der Waals surface area contributed by atoms with Crippen molar-refractivity contribution in [3.05, 3.63) is 28.8 Å². The van der Waals surface area contributed by atoms with Gasteiger partial charge < -0.3 is 10.6 Å². The highest BCUT2D eigenvalue weighted by Gasteiger charge is 2.19. The largest absolute Gasteiger partial charge is 0.360 e. The number of thiocarbonyl (C=S) groups is 1. The summed E-state index contributed by atoms with van der Waals surface area (Å²) in [5.41, 5.74) is 5.46. The molecule has 1 aliphatic rings. The quantitative estimate of drug-likeness (QED) is 0.620. The van der Waals surface area contributed by atoms with Crippen LogP contribution in [0.15, 0.2) is 12.1 Å². The van der Waals surface area contributed by atoms with E-state index in [1.165, 1.54) is 48.1 Å². The first-order valence-electron chi connectivity index (χ1n) is 10.1. The molecule has 0 aliphatic heterocycles. The molecule has 3 heteroatoms. The maximum absolute atomic E-state index is 5.64.